The number of hydrogen-bond donors (Lipinski definition) is 1. The highest BCUT2D eigenvalue weighted by Gasteiger charge is 2.32. The van der Waals surface area contributed by atoms with Crippen molar-refractivity contribution in [3.8, 4) is 0 Å². The van der Waals surface area contributed by atoms with Gasteiger partial charge in [-0.05, 0) is 25.1 Å². The normalized spacial score (nSPS) is 15.8. The number of rotatable bonds is 1. The molecule has 0 radical (unpaired) electrons. The van der Waals surface area contributed by atoms with Gasteiger partial charge in [-0.25, -0.2) is 5.43 Å². The van der Waals surface area contributed by atoms with E-state index in [0.29, 0.717) is 11.3 Å². The molecule has 0 amide bonds. The van der Waals surface area contributed by atoms with E-state index >= 15 is 0 Å². The van der Waals surface area contributed by atoms with E-state index in [9.17, 15) is 13.2 Å². The van der Waals surface area contributed by atoms with E-state index in [2.05, 4.69) is 17.1 Å². The van der Waals surface area contributed by atoms with Gasteiger partial charge in [0, 0.05) is 5.56 Å². The van der Waals surface area contributed by atoms with E-state index in [1.807, 2.05) is 0 Å². The Bertz CT molecular complexity index is 521. The molecule has 1 aliphatic heterocycles. The molecule has 1 aromatic rings. The van der Waals surface area contributed by atoms with Gasteiger partial charge in [0.2, 0.25) is 0 Å². The quantitative estimate of drug-likeness (QED) is 0.838. The van der Waals surface area contributed by atoms with Crippen LogP contribution in [0.2, 0.25) is 0 Å². The van der Waals surface area contributed by atoms with Crippen molar-refractivity contribution >= 4 is 5.71 Å². The third kappa shape index (κ3) is 2.47. The van der Waals surface area contributed by atoms with Crippen LogP contribution in [0.1, 0.15) is 16.7 Å². The molecule has 96 valence electrons. The molecule has 0 bridgehead atoms. The lowest BCUT2D eigenvalue weighted by atomic mass is 10.0. The zero-order chi connectivity index (χ0) is 13.3. The van der Waals surface area contributed by atoms with Crippen LogP contribution in [0, 0.1) is 6.92 Å². The molecule has 0 aliphatic carbocycles. The van der Waals surface area contributed by atoms with Gasteiger partial charge in [0.25, 0.3) is 0 Å². The van der Waals surface area contributed by atoms with Crippen molar-refractivity contribution in [1.29, 1.82) is 0 Å². The minimum absolute atomic E-state index is 0.103. The lowest BCUT2D eigenvalue weighted by Gasteiger charge is -2.18. The van der Waals surface area contributed by atoms with Gasteiger partial charge in [-0.1, -0.05) is 12.1 Å². The Morgan fingerprint density at radius 2 is 2.11 bits per heavy atom. The van der Waals surface area contributed by atoms with Crippen LogP contribution in [0.15, 0.2) is 35.8 Å². The molecule has 0 fully saturated rings. The second-order valence-electron chi connectivity index (χ2n) is 3.91. The van der Waals surface area contributed by atoms with E-state index < -0.39 is 11.7 Å². The first kappa shape index (κ1) is 12.5. The molecule has 0 saturated carbocycles. The van der Waals surface area contributed by atoms with Crippen LogP contribution < -0.4 is 5.43 Å². The number of aryl methyl sites for hydroxylation is 1. The second kappa shape index (κ2) is 4.36. The molecule has 0 saturated heterocycles. The van der Waals surface area contributed by atoms with Gasteiger partial charge in [-0.15, -0.1) is 0 Å². The second-order valence-corrected chi connectivity index (χ2v) is 3.91. The molecule has 1 aromatic carbocycles. The predicted octanol–water partition coefficient (Wildman–Crippen LogP) is 2.81. The number of alkyl halides is 3. The largest absolute Gasteiger partial charge is 0.472 e. The van der Waals surface area contributed by atoms with Crippen molar-refractivity contribution in [1.82, 2.24) is 5.43 Å². The number of ether oxygens (including phenoxy) is 1. The molecule has 6 heteroatoms. The van der Waals surface area contributed by atoms with E-state index in [4.69, 9.17) is 4.74 Å². The van der Waals surface area contributed by atoms with Gasteiger partial charge in [0.05, 0.1) is 5.56 Å². The van der Waals surface area contributed by atoms with Gasteiger partial charge < -0.3 is 4.74 Å². The summed E-state index contributed by atoms with van der Waals surface area (Å²) < 4.78 is 43.4. The lowest BCUT2D eigenvalue weighted by molar-refractivity contribution is -0.138. The summed E-state index contributed by atoms with van der Waals surface area (Å²) in [5.74, 6) is 0.280. The maximum atomic E-state index is 12.8. The molecule has 18 heavy (non-hydrogen) atoms. The highest BCUT2D eigenvalue weighted by atomic mass is 19.4. The summed E-state index contributed by atoms with van der Waals surface area (Å²) in [7, 11) is 0. The smallest absolute Gasteiger partial charge is 0.416 e. The van der Waals surface area contributed by atoms with Crippen molar-refractivity contribution in [2.24, 2.45) is 5.10 Å². The predicted molar refractivity (Wildman–Crippen MR) is 60.9 cm³/mol. The van der Waals surface area contributed by atoms with Gasteiger partial charge in [-0.3, -0.25) is 0 Å². The molecule has 1 heterocycles. The standard InChI is InChI=1S/C12H11F3N2O/c1-7-3-4-9(5-10(7)12(13,14)15)11-6-18-8(2)16-17-11/h3-5,16H,2,6H2,1H3. The van der Waals surface area contributed by atoms with Crippen molar-refractivity contribution in [2.45, 2.75) is 13.1 Å². The molecule has 3 nitrogen and oxygen atoms in total. The molecular weight excluding hydrogens is 245 g/mol. The maximum Gasteiger partial charge on any atom is 0.416 e. The first-order valence-corrected chi connectivity index (χ1v) is 5.20. The first-order chi connectivity index (χ1) is 8.38. The Kier molecular flexibility index (Phi) is 3.02. The van der Waals surface area contributed by atoms with Crippen LogP contribution in [-0.2, 0) is 10.9 Å². The summed E-state index contributed by atoms with van der Waals surface area (Å²) in [5, 5.41) is 3.91. The van der Waals surface area contributed by atoms with Crippen molar-refractivity contribution < 1.29 is 17.9 Å². The van der Waals surface area contributed by atoms with Crippen LogP contribution in [0.4, 0.5) is 13.2 Å². The Morgan fingerprint density at radius 3 is 2.67 bits per heavy atom. The molecule has 0 spiro atoms. The molecule has 1 N–H and O–H groups in total. The summed E-state index contributed by atoms with van der Waals surface area (Å²) in [6, 6.07) is 4.08. The fourth-order valence-corrected chi connectivity index (χ4v) is 1.60. The maximum absolute atomic E-state index is 12.8. The van der Waals surface area contributed by atoms with Crippen LogP contribution in [0.5, 0.6) is 0 Å². The average Bonchev–Trinajstić information content (AvgIpc) is 2.29. The number of nitrogens with one attached hydrogen (secondary N) is 1. The van der Waals surface area contributed by atoms with Crippen molar-refractivity contribution in [2.75, 3.05) is 6.61 Å². The number of hydrogen-bond acceptors (Lipinski definition) is 3. The Hall–Kier alpha value is -1.98. The van der Waals surface area contributed by atoms with Crippen LogP contribution in [-0.4, -0.2) is 12.3 Å². The Balaban J connectivity index is 2.39. The lowest BCUT2D eigenvalue weighted by Crippen LogP contribution is -2.24. The molecule has 0 unspecified atom stereocenters. The summed E-state index contributed by atoms with van der Waals surface area (Å²) in [4.78, 5) is 0. The third-order valence-corrected chi connectivity index (χ3v) is 2.57. The topological polar surface area (TPSA) is 33.6 Å². The fourth-order valence-electron chi connectivity index (χ4n) is 1.60. The fraction of sp³-hybridized carbons (Fsp3) is 0.250. The summed E-state index contributed by atoms with van der Waals surface area (Å²) in [6.07, 6.45) is -4.37. The first-order valence-electron chi connectivity index (χ1n) is 5.20. The number of benzene rings is 1. The van der Waals surface area contributed by atoms with E-state index in [-0.39, 0.29) is 18.1 Å². The SMILES string of the molecule is C=C1NN=C(c2ccc(C)c(C(F)(F)F)c2)CO1. The van der Waals surface area contributed by atoms with Crippen molar-refractivity contribution in [3.05, 3.63) is 47.4 Å². The van der Waals surface area contributed by atoms with E-state index in [1.54, 1.807) is 6.07 Å². The summed E-state index contributed by atoms with van der Waals surface area (Å²) in [6.45, 7) is 5.02. The summed E-state index contributed by atoms with van der Waals surface area (Å²) in [5.41, 5.74) is 2.81. The average molecular weight is 256 g/mol. The number of hydrazone groups is 1. The minimum Gasteiger partial charge on any atom is -0.472 e. The van der Waals surface area contributed by atoms with Gasteiger partial charge in [0.15, 0.2) is 5.88 Å². The van der Waals surface area contributed by atoms with Gasteiger partial charge >= 0.3 is 6.18 Å². The van der Waals surface area contributed by atoms with Gasteiger partial charge in [0.1, 0.15) is 12.3 Å². The zero-order valence-corrected chi connectivity index (χ0v) is 9.64. The molecule has 0 aromatic heterocycles. The highest BCUT2D eigenvalue weighted by Crippen LogP contribution is 2.32. The molecule has 0 atom stereocenters. The van der Waals surface area contributed by atoms with Crippen LogP contribution in [0.3, 0.4) is 0 Å². The highest BCUT2D eigenvalue weighted by molar-refractivity contribution is 6.02. The summed E-state index contributed by atoms with van der Waals surface area (Å²) >= 11 is 0. The number of halogens is 3. The molecular formula is C12H11F3N2O. The van der Waals surface area contributed by atoms with Crippen LogP contribution >= 0.6 is 0 Å². The molecule has 1 aliphatic rings. The monoisotopic (exact) mass is 256 g/mol. The number of nitrogens with zero attached hydrogens (tertiary/aromatic N) is 1. The van der Waals surface area contributed by atoms with Crippen LogP contribution in [0.25, 0.3) is 0 Å². The van der Waals surface area contributed by atoms with Gasteiger partial charge in [-0.2, -0.15) is 18.3 Å². The van der Waals surface area contributed by atoms with Crippen molar-refractivity contribution in [3.63, 3.8) is 0 Å². The van der Waals surface area contributed by atoms with E-state index in [1.165, 1.54) is 13.0 Å². The third-order valence-electron chi connectivity index (χ3n) is 2.57. The molecule has 2 rings (SSSR count). The minimum atomic E-state index is -4.37. The Morgan fingerprint density at radius 1 is 1.39 bits per heavy atom. The zero-order valence-electron chi connectivity index (χ0n) is 9.64. The van der Waals surface area contributed by atoms with E-state index in [0.717, 1.165) is 6.07 Å². The Labute approximate surface area is 102 Å².